The predicted octanol–water partition coefficient (Wildman–Crippen LogP) is 1.90. The molecule has 18 heavy (non-hydrogen) atoms. The molecule has 0 amide bonds. The minimum Gasteiger partial charge on any atom is -0.396 e. The fraction of sp³-hybridized carbons (Fsp3) is 0.929. The molecule has 0 bridgehead atoms. The molecule has 104 valence electrons. The Kier molecular flexibility index (Phi) is 4.41. The Labute approximate surface area is 109 Å². The van der Waals surface area contributed by atoms with E-state index in [2.05, 4.69) is 0 Å². The van der Waals surface area contributed by atoms with Crippen LogP contribution in [0.1, 0.15) is 46.0 Å². The summed E-state index contributed by atoms with van der Waals surface area (Å²) in [4.78, 5) is 11.7. The lowest BCUT2D eigenvalue weighted by Crippen LogP contribution is -2.22. The highest BCUT2D eigenvalue weighted by Gasteiger charge is 2.35. The highest BCUT2D eigenvalue weighted by molar-refractivity contribution is 5.83. The average molecular weight is 256 g/mol. The van der Waals surface area contributed by atoms with E-state index in [0.29, 0.717) is 18.8 Å². The number of ketones is 1. The monoisotopic (exact) mass is 256 g/mol. The van der Waals surface area contributed by atoms with Crippen molar-refractivity contribution in [2.75, 3.05) is 13.2 Å². The minimum absolute atomic E-state index is 0.0744. The molecular weight excluding hydrogens is 232 g/mol. The first-order valence-electron chi connectivity index (χ1n) is 6.97. The van der Waals surface area contributed by atoms with E-state index in [-0.39, 0.29) is 24.5 Å². The van der Waals surface area contributed by atoms with Gasteiger partial charge in [-0.25, -0.2) is 0 Å². The maximum absolute atomic E-state index is 11.7. The molecule has 1 N–H and O–H groups in total. The fourth-order valence-electron chi connectivity index (χ4n) is 3.06. The molecule has 0 radical (unpaired) electrons. The van der Waals surface area contributed by atoms with Gasteiger partial charge in [-0.2, -0.15) is 0 Å². The summed E-state index contributed by atoms with van der Waals surface area (Å²) in [7, 11) is 0. The van der Waals surface area contributed by atoms with Gasteiger partial charge >= 0.3 is 0 Å². The Morgan fingerprint density at radius 1 is 1.39 bits per heavy atom. The number of carbonyl (C=O) groups excluding carboxylic acids is 1. The summed E-state index contributed by atoms with van der Waals surface area (Å²) in [6, 6.07) is 0. The number of ether oxygens (including phenoxy) is 2. The van der Waals surface area contributed by atoms with Crippen LogP contribution in [0, 0.1) is 11.8 Å². The second-order valence-electron chi connectivity index (χ2n) is 5.94. The summed E-state index contributed by atoms with van der Waals surface area (Å²) in [5.41, 5.74) is 0. The third-order valence-corrected chi connectivity index (χ3v) is 4.09. The summed E-state index contributed by atoms with van der Waals surface area (Å²) < 4.78 is 11.2. The molecule has 1 aliphatic carbocycles. The summed E-state index contributed by atoms with van der Waals surface area (Å²) in [6.07, 6.45) is 4.44. The lowest BCUT2D eigenvalue weighted by Gasteiger charge is -2.18. The topological polar surface area (TPSA) is 55.8 Å². The van der Waals surface area contributed by atoms with Gasteiger partial charge in [-0.3, -0.25) is 4.79 Å². The van der Waals surface area contributed by atoms with Crippen LogP contribution in [0.3, 0.4) is 0 Å². The van der Waals surface area contributed by atoms with Crippen molar-refractivity contribution >= 4 is 5.78 Å². The highest BCUT2D eigenvalue weighted by Crippen LogP contribution is 2.33. The van der Waals surface area contributed by atoms with Crippen molar-refractivity contribution in [2.24, 2.45) is 11.8 Å². The Morgan fingerprint density at radius 3 is 2.78 bits per heavy atom. The van der Waals surface area contributed by atoms with Crippen LogP contribution in [0.2, 0.25) is 0 Å². The van der Waals surface area contributed by atoms with Crippen LogP contribution >= 0.6 is 0 Å². The molecule has 2 aliphatic rings. The van der Waals surface area contributed by atoms with E-state index in [1.807, 2.05) is 13.8 Å². The first kappa shape index (κ1) is 14.0. The molecule has 3 atom stereocenters. The van der Waals surface area contributed by atoms with Gasteiger partial charge in [-0.15, -0.1) is 0 Å². The molecule has 1 saturated carbocycles. The van der Waals surface area contributed by atoms with E-state index < -0.39 is 5.79 Å². The van der Waals surface area contributed by atoms with Crippen LogP contribution in [0.15, 0.2) is 0 Å². The van der Waals surface area contributed by atoms with Gasteiger partial charge in [0.05, 0.1) is 12.7 Å². The Hall–Kier alpha value is -0.450. The molecule has 1 heterocycles. The maximum atomic E-state index is 11.7. The number of carbonyl (C=O) groups is 1. The van der Waals surface area contributed by atoms with Crippen LogP contribution < -0.4 is 0 Å². The fourth-order valence-corrected chi connectivity index (χ4v) is 3.06. The van der Waals surface area contributed by atoms with Crippen molar-refractivity contribution in [3.05, 3.63) is 0 Å². The molecule has 0 aromatic heterocycles. The molecule has 4 heteroatoms. The SMILES string of the molecule is CC1(C)OCC(CCC[C@@H]2C(=O)CC[C@H]2CO)O1. The van der Waals surface area contributed by atoms with Gasteiger partial charge in [0, 0.05) is 18.9 Å². The lowest BCUT2D eigenvalue weighted by atomic mass is 9.90. The van der Waals surface area contributed by atoms with Crippen molar-refractivity contribution < 1.29 is 19.4 Å². The van der Waals surface area contributed by atoms with Gasteiger partial charge in [-0.1, -0.05) is 6.42 Å². The van der Waals surface area contributed by atoms with E-state index in [4.69, 9.17) is 9.47 Å². The average Bonchev–Trinajstić information content (AvgIpc) is 2.83. The van der Waals surface area contributed by atoms with Crippen LogP contribution in [-0.2, 0) is 14.3 Å². The van der Waals surface area contributed by atoms with Crippen molar-refractivity contribution in [1.29, 1.82) is 0 Å². The first-order valence-corrected chi connectivity index (χ1v) is 6.97. The molecule has 1 aliphatic heterocycles. The van der Waals surface area contributed by atoms with Crippen LogP contribution in [0.4, 0.5) is 0 Å². The van der Waals surface area contributed by atoms with Crippen LogP contribution in [0.5, 0.6) is 0 Å². The zero-order valence-electron chi connectivity index (χ0n) is 11.4. The number of hydrogen-bond acceptors (Lipinski definition) is 4. The summed E-state index contributed by atoms with van der Waals surface area (Å²) in [5, 5.41) is 9.24. The molecule has 2 fully saturated rings. The molecule has 0 spiro atoms. The zero-order chi connectivity index (χ0) is 13.2. The third kappa shape index (κ3) is 3.31. The second-order valence-corrected chi connectivity index (χ2v) is 5.94. The predicted molar refractivity (Wildman–Crippen MR) is 67.1 cm³/mol. The van der Waals surface area contributed by atoms with Gasteiger partial charge in [0.25, 0.3) is 0 Å². The van der Waals surface area contributed by atoms with Gasteiger partial charge in [0.1, 0.15) is 5.78 Å². The maximum Gasteiger partial charge on any atom is 0.163 e. The molecular formula is C14H24O4. The van der Waals surface area contributed by atoms with Gasteiger partial charge < -0.3 is 14.6 Å². The van der Waals surface area contributed by atoms with E-state index >= 15 is 0 Å². The van der Waals surface area contributed by atoms with Gasteiger partial charge in [0.15, 0.2) is 5.79 Å². The molecule has 1 saturated heterocycles. The van der Waals surface area contributed by atoms with E-state index in [0.717, 1.165) is 25.7 Å². The van der Waals surface area contributed by atoms with E-state index in [1.54, 1.807) is 0 Å². The number of hydrogen-bond donors (Lipinski definition) is 1. The van der Waals surface area contributed by atoms with Crippen molar-refractivity contribution in [3.8, 4) is 0 Å². The summed E-state index contributed by atoms with van der Waals surface area (Å²) in [6.45, 7) is 4.64. The summed E-state index contributed by atoms with van der Waals surface area (Å²) in [5.74, 6) is 0.138. The van der Waals surface area contributed by atoms with Crippen molar-refractivity contribution in [3.63, 3.8) is 0 Å². The normalized spacial score (nSPS) is 35.3. The Balaban J connectivity index is 1.70. The highest BCUT2D eigenvalue weighted by atomic mass is 16.7. The quantitative estimate of drug-likeness (QED) is 0.816. The smallest absolute Gasteiger partial charge is 0.163 e. The molecule has 1 unspecified atom stereocenters. The zero-order valence-corrected chi connectivity index (χ0v) is 11.4. The first-order chi connectivity index (χ1) is 8.52. The second kappa shape index (κ2) is 5.68. The lowest BCUT2D eigenvalue weighted by molar-refractivity contribution is -0.139. The number of aliphatic hydroxyl groups is 1. The number of aliphatic hydroxyl groups excluding tert-OH is 1. The van der Waals surface area contributed by atoms with Crippen molar-refractivity contribution in [2.45, 2.75) is 57.8 Å². The van der Waals surface area contributed by atoms with Gasteiger partial charge in [-0.05, 0) is 39.0 Å². The van der Waals surface area contributed by atoms with Crippen LogP contribution in [0.25, 0.3) is 0 Å². The summed E-state index contributed by atoms with van der Waals surface area (Å²) >= 11 is 0. The van der Waals surface area contributed by atoms with E-state index in [1.165, 1.54) is 0 Å². The Morgan fingerprint density at radius 2 is 2.17 bits per heavy atom. The standard InChI is InChI=1S/C14H24O4/c1-14(2)17-9-11(18-14)4-3-5-12-10(8-15)6-7-13(12)16/h10-12,15H,3-9H2,1-2H3/t10-,11?,12-/m0/s1. The van der Waals surface area contributed by atoms with Crippen LogP contribution in [-0.4, -0.2) is 36.0 Å². The van der Waals surface area contributed by atoms with E-state index in [9.17, 15) is 9.90 Å². The minimum atomic E-state index is -0.457. The van der Waals surface area contributed by atoms with Gasteiger partial charge in [0.2, 0.25) is 0 Å². The Bertz CT molecular complexity index is 300. The van der Waals surface area contributed by atoms with Crippen molar-refractivity contribution in [1.82, 2.24) is 0 Å². The molecule has 2 rings (SSSR count). The third-order valence-electron chi connectivity index (χ3n) is 4.09. The molecule has 0 aromatic rings. The molecule has 0 aromatic carbocycles. The largest absolute Gasteiger partial charge is 0.396 e. The molecule has 4 nitrogen and oxygen atoms in total. The number of rotatable bonds is 5. The number of Topliss-reactive ketones (excluding diaryl/α,β-unsaturated/α-hetero) is 1.